The van der Waals surface area contributed by atoms with Gasteiger partial charge in [-0.2, -0.15) is 0 Å². The lowest BCUT2D eigenvalue weighted by atomic mass is 9.85. The fourth-order valence-electron chi connectivity index (χ4n) is 5.16. The van der Waals surface area contributed by atoms with E-state index in [-0.39, 0.29) is 0 Å². The Bertz CT molecular complexity index is 1230. The van der Waals surface area contributed by atoms with Gasteiger partial charge in [0.2, 0.25) is 0 Å². The number of carboxylic acids is 1. The summed E-state index contributed by atoms with van der Waals surface area (Å²) in [6.07, 6.45) is 6.74. The summed E-state index contributed by atoms with van der Waals surface area (Å²) in [5.41, 5.74) is 4.67. The summed E-state index contributed by atoms with van der Waals surface area (Å²) < 4.78 is 14.2. The Morgan fingerprint density at radius 2 is 2.06 bits per heavy atom. The first-order chi connectivity index (χ1) is 16.2. The summed E-state index contributed by atoms with van der Waals surface area (Å²) in [5.74, 6) is 0.607. The average molecular weight is 463 g/mol. The van der Waals surface area contributed by atoms with E-state index in [1.807, 2.05) is 39.8 Å². The van der Waals surface area contributed by atoms with E-state index in [9.17, 15) is 9.90 Å². The molecule has 1 aromatic carbocycles. The minimum atomic E-state index is -1.12. The summed E-state index contributed by atoms with van der Waals surface area (Å²) >= 11 is 0. The Morgan fingerprint density at radius 3 is 2.74 bits per heavy atom. The van der Waals surface area contributed by atoms with Crippen LogP contribution in [0.2, 0.25) is 0 Å². The largest absolute Gasteiger partial charge is 0.493 e. The van der Waals surface area contributed by atoms with Crippen molar-refractivity contribution in [2.24, 2.45) is 5.92 Å². The molecule has 3 heterocycles. The molecule has 0 bridgehead atoms. The van der Waals surface area contributed by atoms with Gasteiger partial charge in [0, 0.05) is 34.9 Å². The fourth-order valence-corrected chi connectivity index (χ4v) is 5.16. The first-order valence-corrected chi connectivity index (χ1v) is 12.4. The van der Waals surface area contributed by atoms with Gasteiger partial charge in [0.05, 0.1) is 12.2 Å². The van der Waals surface area contributed by atoms with E-state index < -0.39 is 17.7 Å². The molecule has 1 aliphatic heterocycles. The predicted octanol–water partition coefficient (Wildman–Crippen LogP) is 6.08. The van der Waals surface area contributed by atoms with E-state index in [0.29, 0.717) is 17.2 Å². The lowest BCUT2D eigenvalue weighted by Crippen LogP contribution is -2.28. The van der Waals surface area contributed by atoms with Crippen LogP contribution in [-0.2, 0) is 22.5 Å². The fraction of sp³-hybridized carbons (Fsp3) is 0.500. The minimum Gasteiger partial charge on any atom is -0.493 e. The van der Waals surface area contributed by atoms with Crippen LogP contribution in [0.4, 0.5) is 0 Å². The first kappa shape index (κ1) is 22.9. The van der Waals surface area contributed by atoms with Crippen molar-refractivity contribution in [3.63, 3.8) is 0 Å². The summed E-state index contributed by atoms with van der Waals surface area (Å²) in [6.45, 7) is 9.25. The second kappa shape index (κ2) is 8.73. The number of carboxylic acid groups (broad SMARTS) is 1. The molecule has 1 N–H and O–H groups in total. The van der Waals surface area contributed by atoms with Crippen molar-refractivity contribution >= 4 is 17.0 Å². The number of aromatic nitrogens is 2. The Hall–Kier alpha value is -2.86. The highest BCUT2D eigenvalue weighted by molar-refractivity contribution is 5.98. The standard InChI is InChI=1S/C28H34N2O4/c1-17-23(25(27(31)32)34-28(2,3)4)24(20-10-11-22-19(15-20)9-6-14-33-22)21-12-13-30(26(21)29-17)16-18-7-5-8-18/h10-13,15,18,25H,5-9,14,16H2,1-4H3,(H,31,32). The zero-order valence-electron chi connectivity index (χ0n) is 20.6. The molecule has 5 rings (SSSR count). The van der Waals surface area contributed by atoms with Crippen LogP contribution in [-0.4, -0.2) is 32.8 Å². The molecule has 180 valence electrons. The third-order valence-electron chi connectivity index (χ3n) is 6.97. The van der Waals surface area contributed by atoms with Gasteiger partial charge >= 0.3 is 5.97 Å². The van der Waals surface area contributed by atoms with Crippen LogP contribution in [0.3, 0.4) is 0 Å². The lowest BCUT2D eigenvalue weighted by Gasteiger charge is -2.28. The predicted molar refractivity (Wildman–Crippen MR) is 132 cm³/mol. The molecule has 2 aliphatic rings. The van der Waals surface area contributed by atoms with Crippen LogP contribution in [0.5, 0.6) is 5.75 Å². The van der Waals surface area contributed by atoms with Crippen LogP contribution < -0.4 is 4.74 Å². The quantitative estimate of drug-likeness (QED) is 0.481. The van der Waals surface area contributed by atoms with Crippen molar-refractivity contribution in [3.05, 3.63) is 47.3 Å². The molecule has 0 radical (unpaired) electrons. The third kappa shape index (κ3) is 4.31. The van der Waals surface area contributed by atoms with E-state index in [1.54, 1.807) is 0 Å². The molecule has 34 heavy (non-hydrogen) atoms. The molecule has 0 spiro atoms. The van der Waals surface area contributed by atoms with Gasteiger partial charge in [-0.1, -0.05) is 12.5 Å². The van der Waals surface area contributed by atoms with Gasteiger partial charge in [0.1, 0.15) is 11.4 Å². The van der Waals surface area contributed by atoms with Gasteiger partial charge in [0.25, 0.3) is 0 Å². The maximum atomic E-state index is 12.5. The van der Waals surface area contributed by atoms with Crippen molar-refractivity contribution in [2.75, 3.05) is 6.61 Å². The SMILES string of the molecule is Cc1nc2c(ccn2CC2CCC2)c(-c2ccc3c(c2)CCCO3)c1C(OC(C)(C)C)C(=O)O. The molecule has 1 fully saturated rings. The van der Waals surface area contributed by atoms with Crippen molar-refractivity contribution in [1.29, 1.82) is 0 Å². The molecular weight excluding hydrogens is 428 g/mol. The highest BCUT2D eigenvalue weighted by Crippen LogP contribution is 2.42. The van der Waals surface area contributed by atoms with Gasteiger partial charge in [0.15, 0.2) is 6.10 Å². The van der Waals surface area contributed by atoms with Crippen LogP contribution in [0.1, 0.15) is 69.4 Å². The monoisotopic (exact) mass is 462 g/mol. The second-order valence-corrected chi connectivity index (χ2v) is 10.7. The van der Waals surface area contributed by atoms with E-state index in [4.69, 9.17) is 14.5 Å². The third-order valence-corrected chi connectivity index (χ3v) is 6.97. The smallest absolute Gasteiger partial charge is 0.337 e. The lowest BCUT2D eigenvalue weighted by molar-refractivity contribution is -0.160. The van der Waals surface area contributed by atoms with Gasteiger partial charge in [-0.15, -0.1) is 0 Å². The number of ether oxygens (including phenoxy) is 2. The first-order valence-electron chi connectivity index (χ1n) is 12.4. The molecule has 1 unspecified atom stereocenters. The van der Waals surface area contributed by atoms with Crippen molar-refractivity contribution in [1.82, 2.24) is 9.55 Å². The van der Waals surface area contributed by atoms with Crippen LogP contribution in [0.25, 0.3) is 22.2 Å². The number of aliphatic carboxylic acids is 1. The molecule has 1 saturated carbocycles. The Morgan fingerprint density at radius 1 is 1.26 bits per heavy atom. The number of nitrogens with zero attached hydrogens (tertiary/aromatic N) is 2. The Kier molecular flexibility index (Phi) is 5.88. The van der Waals surface area contributed by atoms with Gasteiger partial charge in [-0.05, 0) is 88.6 Å². The average Bonchev–Trinajstić information content (AvgIpc) is 3.15. The molecule has 6 heteroatoms. The van der Waals surface area contributed by atoms with E-state index >= 15 is 0 Å². The molecular formula is C28H34N2O4. The van der Waals surface area contributed by atoms with Gasteiger partial charge < -0.3 is 19.1 Å². The molecule has 1 aliphatic carbocycles. The Balaban J connectivity index is 1.73. The zero-order valence-corrected chi connectivity index (χ0v) is 20.6. The van der Waals surface area contributed by atoms with E-state index in [1.165, 1.54) is 19.3 Å². The number of fused-ring (bicyclic) bond motifs is 2. The Labute approximate surface area is 200 Å². The summed E-state index contributed by atoms with van der Waals surface area (Å²) in [7, 11) is 0. The molecule has 0 amide bonds. The van der Waals surface area contributed by atoms with Gasteiger partial charge in [-0.3, -0.25) is 0 Å². The number of rotatable bonds is 6. The highest BCUT2D eigenvalue weighted by atomic mass is 16.5. The normalized spacial score (nSPS) is 17.2. The highest BCUT2D eigenvalue weighted by Gasteiger charge is 2.33. The van der Waals surface area contributed by atoms with E-state index in [0.717, 1.165) is 59.5 Å². The maximum Gasteiger partial charge on any atom is 0.337 e. The van der Waals surface area contributed by atoms with Crippen LogP contribution in [0, 0.1) is 12.8 Å². The van der Waals surface area contributed by atoms with Crippen LogP contribution in [0.15, 0.2) is 30.5 Å². The van der Waals surface area contributed by atoms with E-state index in [2.05, 4.69) is 22.9 Å². The minimum absolute atomic E-state index is 0.623. The molecule has 6 nitrogen and oxygen atoms in total. The number of pyridine rings is 1. The van der Waals surface area contributed by atoms with Crippen molar-refractivity contribution < 1.29 is 19.4 Å². The zero-order chi connectivity index (χ0) is 24.0. The summed E-state index contributed by atoms with van der Waals surface area (Å²) in [5, 5.41) is 11.2. The molecule has 1 atom stereocenters. The number of aryl methyl sites for hydroxylation is 2. The molecule has 0 saturated heterocycles. The molecule has 3 aromatic rings. The number of benzene rings is 1. The number of carbonyl (C=O) groups is 1. The second-order valence-electron chi connectivity index (χ2n) is 10.7. The summed E-state index contributed by atoms with van der Waals surface area (Å²) in [6, 6.07) is 8.30. The topological polar surface area (TPSA) is 73.6 Å². The van der Waals surface area contributed by atoms with Crippen LogP contribution >= 0.6 is 0 Å². The number of hydrogen-bond donors (Lipinski definition) is 1. The number of hydrogen-bond acceptors (Lipinski definition) is 4. The van der Waals surface area contributed by atoms with Crippen molar-refractivity contribution in [2.45, 2.75) is 78.0 Å². The van der Waals surface area contributed by atoms with Gasteiger partial charge in [-0.25, -0.2) is 9.78 Å². The van der Waals surface area contributed by atoms with Crippen molar-refractivity contribution in [3.8, 4) is 16.9 Å². The maximum absolute atomic E-state index is 12.5. The molecule has 2 aromatic heterocycles. The summed E-state index contributed by atoms with van der Waals surface area (Å²) in [4.78, 5) is 17.5.